The summed E-state index contributed by atoms with van der Waals surface area (Å²) in [6.45, 7) is 9.89. The van der Waals surface area contributed by atoms with Crippen molar-refractivity contribution in [2.45, 2.75) is 27.2 Å². The zero-order valence-electron chi connectivity index (χ0n) is 22.4. The highest BCUT2D eigenvalue weighted by atomic mass is 16.5. The van der Waals surface area contributed by atoms with Crippen molar-refractivity contribution in [3.05, 3.63) is 84.4 Å². The maximum Gasteiger partial charge on any atom is 0.138 e. The van der Waals surface area contributed by atoms with E-state index in [1.54, 1.807) is 0 Å². The maximum absolute atomic E-state index is 5.41. The molecule has 0 atom stereocenters. The summed E-state index contributed by atoms with van der Waals surface area (Å²) >= 11 is 0. The lowest BCUT2D eigenvalue weighted by Crippen LogP contribution is -2.21. The highest BCUT2D eigenvalue weighted by molar-refractivity contribution is 5.82. The predicted octanol–water partition coefficient (Wildman–Crippen LogP) is 7.74. The molecule has 0 radical (unpaired) electrons. The molecule has 37 heavy (non-hydrogen) atoms. The van der Waals surface area contributed by atoms with Crippen molar-refractivity contribution in [2.24, 2.45) is 0 Å². The minimum Gasteiger partial charge on any atom is -0.388 e. The fourth-order valence-corrected chi connectivity index (χ4v) is 4.42. The molecule has 192 valence electrons. The third-order valence-corrected chi connectivity index (χ3v) is 6.56. The number of H-pyrrole nitrogens is 1. The first-order valence-corrected chi connectivity index (χ1v) is 13.2. The van der Waals surface area contributed by atoms with Crippen LogP contribution >= 0.6 is 0 Å². The van der Waals surface area contributed by atoms with Gasteiger partial charge in [0.25, 0.3) is 0 Å². The van der Waals surface area contributed by atoms with Crippen LogP contribution in [-0.2, 0) is 4.74 Å². The minimum absolute atomic E-state index is 0.758. The minimum atomic E-state index is 0.758. The van der Waals surface area contributed by atoms with Gasteiger partial charge >= 0.3 is 0 Å². The van der Waals surface area contributed by atoms with Crippen LogP contribution in [0.2, 0.25) is 0 Å². The number of hydrogen-bond donors (Lipinski definition) is 2. The molecule has 0 aliphatic rings. The lowest BCUT2D eigenvalue weighted by molar-refractivity contribution is 0.152. The van der Waals surface area contributed by atoms with Gasteiger partial charge in [-0.3, -0.25) is 0 Å². The molecule has 4 aromatic rings. The van der Waals surface area contributed by atoms with Crippen LogP contribution in [0.15, 0.2) is 78.9 Å². The third kappa shape index (κ3) is 6.49. The van der Waals surface area contributed by atoms with E-state index >= 15 is 0 Å². The van der Waals surface area contributed by atoms with Gasteiger partial charge < -0.3 is 19.9 Å². The monoisotopic (exact) mass is 494 g/mol. The van der Waals surface area contributed by atoms with Crippen molar-refractivity contribution in [2.75, 3.05) is 43.6 Å². The highest BCUT2D eigenvalue weighted by Crippen LogP contribution is 2.34. The quantitative estimate of drug-likeness (QED) is 0.198. The Labute approximate surface area is 221 Å². The Balaban J connectivity index is 1.66. The summed E-state index contributed by atoms with van der Waals surface area (Å²) in [7, 11) is 1.93. The van der Waals surface area contributed by atoms with Crippen molar-refractivity contribution < 1.29 is 4.74 Å². The molecule has 0 saturated carbocycles. The van der Waals surface area contributed by atoms with Crippen LogP contribution in [0.1, 0.15) is 32.8 Å². The fourth-order valence-electron chi connectivity index (χ4n) is 4.42. The first kappa shape index (κ1) is 26.2. The average molecular weight is 495 g/mol. The van der Waals surface area contributed by atoms with E-state index in [-0.39, 0.29) is 0 Å². The summed E-state index contributed by atoms with van der Waals surface area (Å²) in [4.78, 5) is 11.1. The molecule has 0 aliphatic heterocycles. The van der Waals surface area contributed by atoms with Gasteiger partial charge in [0.15, 0.2) is 0 Å². The van der Waals surface area contributed by atoms with Gasteiger partial charge in [-0.2, -0.15) is 0 Å². The number of benzene rings is 3. The van der Waals surface area contributed by atoms with E-state index in [0.717, 1.165) is 72.3 Å². The van der Waals surface area contributed by atoms with Crippen LogP contribution in [0.4, 0.5) is 11.4 Å². The number of rotatable bonds is 12. The van der Waals surface area contributed by atoms with Gasteiger partial charge in [-0.1, -0.05) is 60.7 Å². The topological polar surface area (TPSA) is 53.2 Å². The second kappa shape index (κ2) is 12.9. The number of hydrogen-bond acceptors (Lipinski definition) is 4. The van der Waals surface area contributed by atoms with Gasteiger partial charge in [-0.15, -0.1) is 0 Å². The number of nitrogens with one attached hydrogen (secondary N) is 2. The van der Waals surface area contributed by atoms with E-state index in [4.69, 9.17) is 9.72 Å². The Morgan fingerprint density at radius 3 is 2.11 bits per heavy atom. The molecule has 0 saturated heterocycles. The van der Waals surface area contributed by atoms with Crippen LogP contribution in [-0.4, -0.2) is 43.3 Å². The molecule has 0 aliphatic carbocycles. The zero-order valence-corrected chi connectivity index (χ0v) is 22.4. The molecule has 1 heterocycles. The molecule has 4 rings (SSSR count). The van der Waals surface area contributed by atoms with Crippen LogP contribution in [0, 0.1) is 0 Å². The van der Waals surface area contributed by atoms with Gasteiger partial charge in [0.2, 0.25) is 0 Å². The SMILES string of the molecule is CCOCC/C=C/c1ccc(-c2nc(-c3ccc(N(CC)CC)cc3)c(-c3ccc(NC)cc3)[nH]2)cc1. The van der Waals surface area contributed by atoms with E-state index in [2.05, 4.69) is 114 Å². The number of ether oxygens (including phenoxy) is 1. The van der Waals surface area contributed by atoms with E-state index in [9.17, 15) is 0 Å². The molecule has 0 unspecified atom stereocenters. The zero-order chi connectivity index (χ0) is 26.0. The lowest BCUT2D eigenvalue weighted by atomic mass is 10.0. The summed E-state index contributed by atoms with van der Waals surface area (Å²) in [5, 5.41) is 3.20. The van der Waals surface area contributed by atoms with Crippen molar-refractivity contribution in [3.63, 3.8) is 0 Å². The second-order valence-corrected chi connectivity index (χ2v) is 8.87. The lowest BCUT2D eigenvalue weighted by Gasteiger charge is -2.21. The summed E-state index contributed by atoms with van der Waals surface area (Å²) in [6, 6.07) is 25.7. The second-order valence-electron chi connectivity index (χ2n) is 8.87. The van der Waals surface area contributed by atoms with E-state index in [1.165, 1.54) is 11.3 Å². The highest BCUT2D eigenvalue weighted by Gasteiger charge is 2.16. The summed E-state index contributed by atoms with van der Waals surface area (Å²) < 4.78 is 5.41. The molecule has 0 bridgehead atoms. The Morgan fingerprint density at radius 2 is 1.49 bits per heavy atom. The smallest absolute Gasteiger partial charge is 0.138 e. The van der Waals surface area contributed by atoms with Crippen molar-refractivity contribution >= 4 is 17.5 Å². The van der Waals surface area contributed by atoms with Crippen LogP contribution in [0.25, 0.3) is 40.0 Å². The largest absolute Gasteiger partial charge is 0.388 e. The fraction of sp³-hybridized carbons (Fsp3) is 0.281. The molecular weight excluding hydrogens is 456 g/mol. The normalized spacial score (nSPS) is 11.2. The van der Waals surface area contributed by atoms with E-state index < -0.39 is 0 Å². The van der Waals surface area contributed by atoms with Crippen molar-refractivity contribution in [3.8, 4) is 33.9 Å². The number of imidazole rings is 1. The number of nitrogens with zero attached hydrogens (tertiary/aromatic N) is 2. The van der Waals surface area contributed by atoms with Gasteiger partial charge in [-0.25, -0.2) is 4.98 Å². The molecule has 0 fully saturated rings. The summed E-state index contributed by atoms with van der Waals surface area (Å²) in [5.74, 6) is 0.863. The predicted molar refractivity (Wildman–Crippen MR) is 158 cm³/mol. The van der Waals surface area contributed by atoms with Gasteiger partial charge in [-0.05, 0) is 57.0 Å². The van der Waals surface area contributed by atoms with Crippen molar-refractivity contribution in [1.29, 1.82) is 0 Å². The molecular formula is C32H38N4O. The van der Waals surface area contributed by atoms with Crippen molar-refractivity contribution in [1.82, 2.24) is 9.97 Å². The number of aromatic nitrogens is 2. The maximum atomic E-state index is 5.41. The molecule has 1 aromatic heterocycles. The molecule has 5 heteroatoms. The average Bonchev–Trinajstić information content (AvgIpc) is 3.40. The molecule has 2 N–H and O–H groups in total. The molecule has 0 amide bonds. The first-order valence-electron chi connectivity index (χ1n) is 13.2. The van der Waals surface area contributed by atoms with Gasteiger partial charge in [0, 0.05) is 61.4 Å². The Kier molecular flexibility index (Phi) is 9.17. The summed E-state index contributed by atoms with van der Waals surface area (Å²) in [5.41, 5.74) is 8.72. The third-order valence-electron chi connectivity index (χ3n) is 6.56. The van der Waals surface area contributed by atoms with Crippen LogP contribution < -0.4 is 10.2 Å². The van der Waals surface area contributed by atoms with Crippen LogP contribution in [0.3, 0.4) is 0 Å². The molecule has 5 nitrogen and oxygen atoms in total. The van der Waals surface area contributed by atoms with E-state index in [1.807, 2.05) is 14.0 Å². The Bertz CT molecular complexity index is 1270. The van der Waals surface area contributed by atoms with E-state index in [0.29, 0.717) is 0 Å². The Morgan fingerprint density at radius 1 is 0.838 bits per heavy atom. The molecule has 0 spiro atoms. The Hall–Kier alpha value is -3.83. The standard InChI is InChI=1S/C32H38N4O/c1-5-36(6-2)29-21-17-26(18-22-29)31-30(25-15-19-28(33-4)20-16-25)34-32(35-31)27-13-11-24(12-14-27)10-8-9-23-37-7-3/h8,10-22,33H,5-7,9,23H2,1-4H3,(H,34,35)/b10-8+. The van der Waals surface area contributed by atoms with Gasteiger partial charge in [0.05, 0.1) is 11.4 Å². The first-order chi connectivity index (χ1) is 18.2. The number of anilines is 2. The molecule has 3 aromatic carbocycles. The van der Waals surface area contributed by atoms with Gasteiger partial charge in [0.1, 0.15) is 5.82 Å². The summed E-state index contributed by atoms with van der Waals surface area (Å²) in [6.07, 6.45) is 5.22. The number of aromatic amines is 1. The van der Waals surface area contributed by atoms with Crippen LogP contribution in [0.5, 0.6) is 0 Å².